The highest BCUT2D eigenvalue weighted by atomic mass is 16.2. The van der Waals surface area contributed by atoms with Crippen LogP contribution in [0.4, 0.5) is 17.1 Å². The predicted octanol–water partition coefficient (Wildman–Crippen LogP) is 6.14. The molecular formula is C30H26N4O2. The van der Waals surface area contributed by atoms with E-state index < -0.39 is 0 Å². The van der Waals surface area contributed by atoms with E-state index >= 15 is 0 Å². The quantitative estimate of drug-likeness (QED) is 0.341. The molecule has 0 aliphatic carbocycles. The Balaban J connectivity index is 1.46. The van der Waals surface area contributed by atoms with Crippen LogP contribution in [-0.2, 0) is 9.59 Å². The standard InChI is InChI=1S/C30H26N4O2/c35-29(31-24-15-7-2-8-16-24)22-30(36)34-27(23-13-5-1-6-14-23)21-28(32-34)33(25-17-9-3-10-18-25)26-19-11-4-12-20-26/h1-20,27H,21-22H2,(H,31,35). The average molecular weight is 475 g/mol. The van der Waals surface area contributed by atoms with Crippen molar-refractivity contribution in [3.05, 3.63) is 127 Å². The fraction of sp³-hybridized carbons (Fsp3) is 0.100. The number of benzene rings is 4. The molecule has 0 saturated heterocycles. The van der Waals surface area contributed by atoms with Crippen LogP contribution in [0.25, 0.3) is 0 Å². The molecule has 0 bridgehead atoms. The van der Waals surface area contributed by atoms with Gasteiger partial charge in [-0.3, -0.25) is 14.5 Å². The SMILES string of the molecule is O=C(CC(=O)N1N=C(N(c2ccccc2)c2ccccc2)CC1c1ccccc1)Nc1ccccc1. The minimum absolute atomic E-state index is 0.300. The Kier molecular flexibility index (Phi) is 6.85. The van der Waals surface area contributed by atoms with Crippen LogP contribution >= 0.6 is 0 Å². The summed E-state index contributed by atoms with van der Waals surface area (Å²) >= 11 is 0. The molecule has 0 aromatic heterocycles. The van der Waals surface area contributed by atoms with Crippen LogP contribution in [0.2, 0.25) is 0 Å². The van der Waals surface area contributed by atoms with Gasteiger partial charge in [0.05, 0.1) is 6.04 Å². The van der Waals surface area contributed by atoms with Crippen LogP contribution < -0.4 is 10.2 Å². The summed E-state index contributed by atoms with van der Waals surface area (Å²) in [4.78, 5) is 28.1. The third-order valence-electron chi connectivity index (χ3n) is 5.99. The van der Waals surface area contributed by atoms with Crippen molar-refractivity contribution in [3.8, 4) is 0 Å². The Labute approximate surface area is 210 Å². The van der Waals surface area contributed by atoms with Gasteiger partial charge < -0.3 is 5.32 Å². The zero-order valence-electron chi connectivity index (χ0n) is 19.7. The van der Waals surface area contributed by atoms with Crippen molar-refractivity contribution in [2.45, 2.75) is 18.9 Å². The Morgan fingerprint density at radius 3 is 1.81 bits per heavy atom. The number of hydrazone groups is 1. The van der Waals surface area contributed by atoms with Gasteiger partial charge in [-0.2, -0.15) is 5.10 Å². The van der Waals surface area contributed by atoms with Gasteiger partial charge in [0, 0.05) is 23.5 Å². The molecule has 0 fully saturated rings. The molecule has 1 aliphatic heterocycles. The number of hydrogen-bond acceptors (Lipinski definition) is 4. The molecule has 4 aromatic rings. The monoisotopic (exact) mass is 474 g/mol. The molecule has 4 aromatic carbocycles. The summed E-state index contributed by atoms with van der Waals surface area (Å²) in [6, 6.07) is 38.6. The maximum absolute atomic E-state index is 13.4. The van der Waals surface area contributed by atoms with Crippen molar-refractivity contribution < 1.29 is 9.59 Å². The van der Waals surface area contributed by atoms with Gasteiger partial charge >= 0.3 is 0 Å². The van der Waals surface area contributed by atoms with E-state index in [4.69, 9.17) is 5.10 Å². The second-order valence-corrected chi connectivity index (χ2v) is 8.48. The second-order valence-electron chi connectivity index (χ2n) is 8.48. The third-order valence-corrected chi connectivity index (χ3v) is 5.99. The van der Waals surface area contributed by atoms with E-state index in [0.29, 0.717) is 12.1 Å². The second kappa shape index (κ2) is 10.7. The molecule has 6 nitrogen and oxygen atoms in total. The topological polar surface area (TPSA) is 65.0 Å². The lowest BCUT2D eigenvalue weighted by molar-refractivity contribution is -0.136. The van der Waals surface area contributed by atoms with Crippen molar-refractivity contribution in [1.29, 1.82) is 0 Å². The fourth-order valence-electron chi connectivity index (χ4n) is 4.34. The number of nitrogens with one attached hydrogen (secondary N) is 1. The molecule has 178 valence electrons. The summed E-state index contributed by atoms with van der Waals surface area (Å²) in [5.74, 6) is 0.0102. The van der Waals surface area contributed by atoms with Crippen LogP contribution in [0.3, 0.4) is 0 Å². The number of rotatable bonds is 6. The van der Waals surface area contributed by atoms with E-state index in [2.05, 4.69) is 10.2 Å². The molecule has 1 heterocycles. The largest absolute Gasteiger partial charge is 0.326 e. The smallest absolute Gasteiger partial charge is 0.252 e. The van der Waals surface area contributed by atoms with E-state index in [-0.39, 0.29) is 24.3 Å². The van der Waals surface area contributed by atoms with E-state index in [1.165, 1.54) is 5.01 Å². The minimum atomic E-state index is -0.371. The highest BCUT2D eigenvalue weighted by Gasteiger charge is 2.36. The van der Waals surface area contributed by atoms with Crippen LogP contribution in [-0.4, -0.2) is 22.7 Å². The van der Waals surface area contributed by atoms with E-state index in [0.717, 1.165) is 22.8 Å². The maximum Gasteiger partial charge on any atom is 0.252 e. The molecular weight excluding hydrogens is 448 g/mol. The Morgan fingerprint density at radius 1 is 0.750 bits per heavy atom. The van der Waals surface area contributed by atoms with Gasteiger partial charge in [-0.15, -0.1) is 0 Å². The van der Waals surface area contributed by atoms with E-state index in [1.807, 2.05) is 109 Å². The first-order valence-corrected chi connectivity index (χ1v) is 11.9. The van der Waals surface area contributed by atoms with E-state index in [1.54, 1.807) is 12.1 Å². The molecule has 2 amide bonds. The van der Waals surface area contributed by atoms with Crippen LogP contribution in [0, 0.1) is 0 Å². The molecule has 1 aliphatic rings. The van der Waals surface area contributed by atoms with Gasteiger partial charge in [0.25, 0.3) is 5.91 Å². The van der Waals surface area contributed by atoms with Crippen molar-refractivity contribution in [2.75, 3.05) is 10.2 Å². The normalized spacial score (nSPS) is 14.7. The summed E-state index contributed by atoms with van der Waals surface area (Å²) in [5.41, 5.74) is 3.52. The number of nitrogens with zero attached hydrogens (tertiary/aromatic N) is 3. The lowest BCUT2D eigenvalue weighted by Gasteiger charge is -2.24. The molecule has 36 heavy (non-hydrogen) atoms. The lowest BCUT2D eigenvalue weighted by Crippen LogP contribution is -2.30. The van der Waals surface area contributed by atoms with Gasteiger partial charge in [0.1, 0.15) is 12.3 Å². The number of amidine groups is 1. The van der Waals surface area contributed by atoms with Gasteiger partial charge in [-0.05, 0) is 42.0 Å². The number of para-hydroxylation sites is 3. The number of carbonyl (C=O) groups is 2. The van der Waals surface area contributed by atoms with Crippen molar-refractivity contribution >= 4 is 34.7 Å². The maximum atomic E-state index is 13.4. The van der Waals surface area contributed by atoms with Gasteiger partial charge in [-0.25, -0.2) is 5.01 Å². The number of hydrogen-bond donors (Lipinski definition) is 1. The lowest BCUT2D eigenvalue weighted by atomic mass is 10.0. The summed E-state index contributed by atoms with van der Waals surface area (Å²) in [6.07, 6.45) is 0.214. The molecule has 0 saturated carbocycles. The molecule has 1 unspecified atom stereocenters. The third kappa shape index (κ3) is 5.18. The molecule has 0 spiro atoms. The molecule has 6 heteroatoms. The average Bonchev–Trinajstić information content (AvgIpc) is 3.36. The summed E-state index contributed by atoms with van der Waals surface area (Å²) in [7, 11) is 0. The first kappa shape index (κ1) is 23.1. The minimum Gasteiger partial charge on any atom is -0.326 e. The highest BCUT2D eigenvalue weighted by molar-refractivity contribution is 6.08. The number of anilines is 3. The first-order chi connectivity index (χ1) is 17.7. The summed E-state index contributed by atoms with van der Waals surface area (Å²) in [6.45, 7) is 0. The molecule has 1 atom stereocenters. The van der Waals surface area contributed by atoms with Crippen LogP contribution in [0.1, 0.15) is 24.4 Å². The zero-order valence-corrected chi connectivity index (χ0v) is 19.7. The van der Waals surface area contributed by atoms with Crippen LogP contribution in [0.5, 0.6) is 0 Å². The summed E-state index contributed by atoms with van der Waals surface area (Å²) in [5, 5.41) is 9.06. The molecule has 1 N–H and O–H groups in total. The van der Waals surface area contributed by atoms with Crippen LogP contribution in [0.15, 0.2) is 126 Å². The van der Waals surface area contributed by atoms with E-state index in [9.17, 15) is 9.59 Å². The zero-order chi connectivity index (χ0) is 24.7. The van der Waals surface area contributed by atoms with Gasteiger partial charge in [-0.1, -0.05) is 84.9 Å². The summed E-state index contributed by atoms with van der Waals surface area (Å²) < 4.78 is 0. The Bertz CT molecular complexity index is 1300. The van der Waals surface area contributed by atoms with Crippen molar-refractivity contribution in [3.63, 3.8) is 0 Å². The Morgan fingerprint density at radius 2 is 1.25 bits per heavy atom. The van der Waals surface area contributed by atoms with Crippen molar-refractivity contribution in [1.82, 2.24) is 5.01 Å². The number of carbonyl (C=O) groups excluding carboxylic acids is 2. The number of amides is 2. The fourth-order valence-corrected chi connectivity index (χ4v) is 4.34. The van der Waals surface area contributed by atoms with Gasteiger partial charge in [0.15, 0.2) is 0 Å². The predicted molar refractivity (Wildman–Crippen MR) is 143 cm³/mol. The Hall–Kier alpha value is -4.71. The van der Waals surface area contributed by atoms with Gasteiger partial charge in [0.2, 0.25) is 5.91 Å². The molecule has 0 radical (unpaired) electrons. The first-order valence-electron chi connectivity index (χ1n) is 11.9. The highest BCUT2D eigenvalue weighted by Crippen LogP contribution is 2.36. The van der Waals surface area contributed by atoms with Crippen molar-refractivity contribution in [2.24, 2.45) is 5.10 Å². The molecule has 5 rings (SSSR count).